The zero-order valence-electron chi connectivity index (χ0n) is 20.0. The van der Waals surface area contributed by atoms with Crippen molar-refractivity contribution in [2.75, 3.05) is 0 Å². The second-order valence-electron chi connectivity index (χ2n) is 7.85. The summed E-state index contributed by atoms with van der Waals surface area (Å²) >= 11 is 0. The molecule has 0 atom stereocenters. The molecule has 0 saturated carbocycles. The van der Waals surface area contributed by atoms with Crippen LogP contribution in [0.3, 0.4) is 0 Å². The van der Waals surface area contributed by atoms with Crippen LogP contribution in [0.15, 0.2) is 133 Å². The van der Waals surface area contributed by atoms with Gasteiger partial charge in [-0.3, -0.25) is 0 Å². The quantitative estimate of drug-likeness (QED) is 0.173. The Hall–Kier alpha value is -3.41. The second-order valence-corrected chi connectivity index (χ2v) is 7.85. The molecule has 6 rings (SSSR count). The van der Waals surface area contributed by atoms with Gasteiger partial charge in [0, 0.05) is 0 Å². The van der Waals surface area contributed by atoms with Crippen molar-refractivity contribution in [1.82, 2.24) is 0 Å². The third kappa shape index (κ3) is 9.77. The Kier molecular flexibility index (Phi) is 12.3. The van der Waals surface area contributed by atoms with Crippen LogP contribution in [-0.2, 0) is 32.6 Å². The van der Waals surface area contributed by atoms with Crippen LogP contribution in [0, 0.1) is 26.8 Å². The summed E-state index contributed by atoms with van der Waals surface area (Å²) in [5, 5.41) is 0. The van der Waals surface area contributed by atoms with Gasteiger partial charge in [0.25, 0.3) is 0 Å². The van der Waals surface area contributed by atoms with Crippen LogP contribution in [0.5, 0.6) is 0 Å². The molecule has 35 heavy (non-hydrogen) atoms. The summed E-state index contributed by atoms with van der Waals surface area (Å²) in [6, 6.07) is 47.7. The maximum atomic E-state index is 3.72. The molecule has 1 aliphatic carbocycles. The minimum atomic E-state index is 0. The molecule has 0 heterocycles. The van der Waals surface area contributed by atoms with E-state index in [1.807, 2.05) is 97.1 Å². The summed E-state index contributed by atoms with van der Waals surface area (Å²) in [7, 11) is 0. The summed E-state index contributed by atoms with van der Waals surface area (Å²) in [4.78, 5) is 0. The largest absolute Gasteiger partial charge is 4.00 e. The van der Waals surface area contributed by atoms with E-state index in [0.717, 1.165) is 23.1 Å². The van der Waals surface area contributed by atoms with Crippen LogP contribution in [0.1, 0.15) is 27.8 Å². The summed E-state index contributed by atoms with van der Waals surface area (Å²) in [5.74, 6) is 0. The Bertz CT molecular complexity index is 1100. The first-order chi connectivity index (χ1) is 16.6. The number of benzene rings is 5. The molecule has 0 bridgehead atoms. The molecule has 5 aromatic carbocycles. The van der Waals surface area contributed by atoms with Crippen LogP contribution in [0.4, 0.5) is 0 Å². The van der Waals surface area contributed by atoms with E-state index in [4.69, 9.17) is 0 Å². The van der Waals surface area contributed by atoms with Gasteiger partial charge in [0.05, 0.1) is 0 Å². The maximum absolute atomic E-state index is 3.72. The zero-order chi connectivity index (χ0) is 24.0. The van der Waals surface area contributed by atoms with E-state index in [1.165, 1.54) is 22.3 Å². The molecular formula is C34H30Zr. The summed E-state index contributed by atoms with van der Waals surface area (Å²) in [6.07, 6.45) is 1.05. The monoisotopic (exact) mass is 528 g/mol. The van der Waals surface area contributed by atoms with Gasteiger partial charge in [-0.15, -0.1) is 42.0 Å². The van der Waals surface area contributed by atoms with Crippen molar-refractivity contribution in [3.63, 3.8) is 0 Å². The minimum Gasteiger partial charge on any atom is -0.199 e. The Balaban J connectivity index is 0.000000172. The molecule has 0 fully saturated rings. The molecule has 1 aliphatic rings. The Morgan fingerprint density at radius 1 is 0.457 bits per heavy atom. The topological polar surface area (TPSA) is 0 Å². The van der Waals surface area contributed by atoms with Crippen molar-refractivity contribution in [2.45, 2.75) is 6.42 Å². The molecule has 0 unspecified atom stereocenters. The number of hydrogen-bond donors (Lipinski definition) is 0. The van der Waals surface area contributed by atoms with Crippen LogP contribution in [-0.4, -0.2) is 0 Å². The predicted octanol–water partition coefficient (Wildman–Crippen LogP) is 8.66. The van der Waals surface area contributed by atoms with Gasteiger partial charge in [0.15, 0.2) is 0 Å². The fourth-order valence-electron chi connectivity index (χ4n) is 3.43. The van der Waals surface area contributed by atoms with Gasteiger partial charge < -0.3 is 0 Å². The van der Waals surface area contributed by atoms with Gasteiger partial charge in [-0.1, -0.05) is 53.6 Å². The molecule has 0 aromatic heterocycles. The third-order valence-electron chi connectivity index (χ3n) is 5.15. The zero-order valence-corrected chi connectivity index (χ0v) is 22.5. The van der Waals surface area contributed by atoms with E-state index >= 15 is 0 Å². The third-order valence-corrected chi connectivity index (χ3v) is 5.15. The molecule has 170 valence electrons. The minimum absolute atomic E-state index is 0. The van der Waals surface area contributed by atoms with E-state index < -0.39 is 0 Å². The van der Waals surface area contributed by atoms with Gasteiger partial charge >= 0.3 is 26.2 Å². The van der Waals surface area contributed by atoms with Crippen LogP contribution in [0.25, 0.3) is 11.1 Å². The van der Waals surface area contributed by atoms with E-state index in [0.29, 0.717) is 0 Å². The normalized spacial score (nSPS) is 9.71. The second kappa shape index (κ2) is 15.5. The molecule has 0 radical (unpaired) electrons. The van der Waals surface area contributed by atoms with E-state index in [9.17, 15) is 0 Å². The first kappa shape index (κ1) is 27.8. The predicted molar refractivity (Wildman–Crippen MR) is 146 cm³/mol. The standard InChI is InChI=1S/C13H9.3C7H7.Zr/c1-3-7-12-10(5-1)9-11-6-2-4-8-13(11)12;3*1-7-5-3-2-4-6-7;/h1-5,7-8H,9H2;3*2-6H,1H2;/q4*-1;+4. The average Bonchev–Trinajstić information content (AvgIpc) is 3.26. The van der Waals surface area contributed by atoms with E-state index in [1.54, 1.807) is 0 Å². The van der Waals surface area contributed by atoms with Crippen molar-refractivity contribution in [1.29, 1.82) is 0 Å². The summed E-state index contributed by atoms with van der Waals surface area (Å²) in [6.45, 7) is 11.2. The molecule has 5 aromatic rings. The molecule has 0 amide bonds. The van der Waals surface area contributed by atoms with Gasteiger partial charge in [0.1, 0.15) is 0 Å². The van der Waals surface area contributed by atoms with Crippen molar-refractivity contribution < 1.29 is 26.2 Å². The number of rotatable bonds is 0. The average molecular weight is 530 g/mol. The smallest absolute Gasteiger partial charge is 0.199 e. The van der Waals surface area contributed by atoms with E-state index in [-0.39, 0.29) is 26.2 Å². The van der Waals surface area contributed by atoms with Gasteiger partial charge in [0.2, 0.25) is 0 Å². The molecule has 0 N–H and O–H groups in total. The molecular weight excluding hydrogens is 500 g/mol. The Morgan fingerprint density at radius 3 is 1.29 bits per heavy atom. The number of fused-ring (bicyclic) bond motifs is 3. The molecule has 0 aliphatic heterocycles. The first-order valence-electron chi connectivity index (χ1n) is 11.3. The van der Waals surface area contributed by atoms with Gasteiger partial charge in [-0.25, -0.2) is 0 Å². The first-order valence-corrected chi connectivity index (χ1v) is 11.3. The van der Waals surface area contributed by atoms with Crippen molar-refractivity contribution in [3.8, 4) is 11.1 Å². The van der Waals surface area contributed by atoms with E-state index in [2.05, 4.69) is 63.2 Å². The van der Waals surface area contributed by atoms with Gasteiger partial charge in [-0.05, 0) is 6.42 Å². The molecule has 0 spiro atoms. The van der Waals surface area contributed by atoms with Gasteiger partial charge in [-0.2, -0.15) is 104 Å². The van der Waals surface area contributed by atoms with Crippen LogP contribution in [0.2, 0.25) is 0 Å². The van der Waals surface area contributed by atoms with Crippen molar-refractivity contribution >= 4 is 0 Å². The fourth-order valence-corrected chi connectivity index (χ4v) is 3.43. The maximum Gasteiger partial charge on any atom is 4.00 e. The Morgan fingerprint density at radius 2 is 0.857 bits per heavy atom. The number of hydrogen-bond acceptors (Lipinski definition) is 0. The Labute approximate surface area is 230 Å². The van der Waals surface area contributed by atoms with Crippen LogP contribution < -0.4 is 0 Å². The fraction of sp³-hybridized carbons (Fsp3) is 0.0294. The van der Waals surface area contributed by atoms with Crippen molar-refractivity contribution in [2.24, 2.45) is 0 Å². The summed E-state index contributed by atoms with van der Waals surface area (Å²) in [5.41, 5.74) is 8.73. The SMILES string of the molecule is [CH2-]c1ccccc1.[CH2-]c1ccccc1.[CH2-]c1ccccc1.[Zr+4].[c-]1cccc2c1Cc1ccccc1-2. The van der Waals surface area contributed by atoms with Crippen molar-refractivity contribution in [3.05, 3.63) is 188 Å². The summed E-state index contributed by atoms with van der Waals surface area (Å²) < 4.78 is 0. The molecule has 0 nitrogen and oxygen atoms in total. The van der Waals surface area contributed by atoms with Crippen LogP contribution >= 0.6 is 0 Å². The molecule has 1 heteroatoms. The molecule has 0 saturated heterocycles.